The fourth-order valence-corrected chi connectivity index (χ4v) is 5.85. The van der Waals surface area contributed by atoms with Gasteiger partial charge in [-0.1, -0.05) is 18.2 Å². The predicted octanol–water partition coefficient (Wildman–Crippen LogP) is 3.76. The van der Waals surface area contributed by atoms with Gasteiger partial charge in [0.2, 0.25) is 16.0 Å². The number of nitrogens with zero attached hydrogens (tertiary/aromatic N) is 5. The zero-order valence-electron chi connectivity index (χ0n) is 21.3. The van der Waals surface area contributed by atoms with E-state index in [1.165, 1.54) is 17.0 Å². The summed E-state index contributed by atoms with van der Waals surface area (Å²) in [7, 11) is -2.12. The average molecular weight is 538 g/mol. The Labute approximate surface area is 222 Å². The minimum absolute atomic E-state index is 0.0256. The largest absolute Gasteiger partial charge is 0.369 e. The molecule has 9 nitrogen and oxygen atoms in total. The Morgan fingerprint density at radius 3 is 2.61 bits per heavy atom. The van der Waals surface area contributed by atoms with Crippen LogP contribution in [-0.4, -0.2) is 68.6 Å². The van der Waals surface area contributed by atoms with Gasteiger partial charge in [-0.15, -0.1) is 0 Å². The van der Waals surface area contributed by atoms with Crippen molar-refractivity contribution in [3.63, 3.8) is 0 Å². The van der Waals surface area contributed by atoms with Gasteiger partial charge in [-0.05, 0) is 48.4 Å². The minimum atomic E-state index is -3.63. The monoisotopic (exact) mass is 537 g/mol. The van der Waals surface area contributed by atoms with E-state index in [2.05, 4.69) is 32.7 Å². The van der Waals surface area contributed by atoms with Gasteiger partial charge in [-0.2, -0.15) is 4.98 Å². The highest BCUT2D eigenvalue weighted by Gasteiger charge is 2.21. The summed E-state index contributed by atoms with van der Waals surface area (Å²) in [5.41, 5.74) is 4.19. The number of hydrogen-bond donors (Lipinski definition) is 2. The highest BCUT2D eigenvalue weighted by Crippen LogP contribution is 2.26. The second-order valence-electron chi connectivity index (χ2n) is 9.28. The normalized spacial score (nSPS) is 14.1. The molecule has 0 amide bonds. The van der Waals surface area contributed by atoms with Crippen LogP contribution in [0.3, 0.4) is 0 Å². The quantitative estimate of drug-likeness (QED) is 0.318. The summed E-state index contributed by atoms with van der Waals surface area (Å²) in [6.07, 6.45) is 3.66. The number of piperazine rings is 1. The van der Waals surface area contributed by atoms with E-state index >= 15 is 0 Å². The van der Waals surface area contributed by atoms with Crippen molar-refractivity contribution in [2.24, 2.45) is 0 Å². The fourth-order valence-electron chi connectivity index (χ4n) is 4.63. The summed E-state index contributed by atoms with van der Waals surface area (Å²) >= 11 is 0. The first kappa shape index (κ1) is 25.9. The average Bonchev–Trinajstić information content (AvgIpc) is 3.34. The van der Waals surface area contributed by atoms with Gasteiger partial charge in [0, 0.05) is 62.4 Å². The van der Waals surface area contributed by atoms with Crippen LogP contribution >= 0.6 is 0 Å². The number of sulfonamides is 1. The SMILES string of the molecule is CN(c1ccccc1Cn1ccc2cnc(Nc3ccc(N4CCNCC4)cc3)nc21)S(=O)(=O)CCCF. The molecule has 1 aliphatic rings. The first-order valence-electron chi connectivity index (χ1n) is 12.7. The zero-order valence-corrected chi connectivity index (χ0v) is 22.2. The molecule has 2 aromatic heterocycles. The Balaban J connectivity index is 1.35. The van der Waals surface area contributed by atoms with E-state index in [9.17, 15) is 12.8 Å². The molecule has 5 rings (SSSR count). The fraction of sp³-hybridized carbons (Fsp3) is 0.333. The van der Waals surface area contributed by atoms with Gasteiger partial charge in [-0.25, -0.2) is 13.4 Å². The number of para-hydroxylation sites is 1. The summed E-state index contributed by atoms with van der Waals surface area (Å²) in [6.45, 7) is 3.71. The van der Waals surface area contributed by atoms with Gasteiger partial charge in [0.05, 0.1) is 24.7 Å². The number of anilines is 4. The van der Waals surface area contributed by atoms with Gasteiger partial charge >= 0.3 is 0 Å². The van der Waals surface area contributed by atoms with Gasteiger partial charge in [0.25, 0.3) is 0 Å². The number of nitrogens with one attached hydrogen (secondary N) is 2. The molecule has 0 spiro atoms. The first-order valence-corrected chi connectivity index (χ1v) is 14.3. The van der Waals surface area contributed by atoms with Crippen molar-refractivity contribution in [2.75, 3.05) is 60.2 Å². The summed E-state index contributed by atoms with van der Waals surface area (Å²) in [6, 6.07) is 17.5. The summed E-state index contributed by atoms with van der Waals surface area (Å²) in [5.74, 6) is 0.241. The van der Waals surface area contributed by atoms with Gasteiger partial charge < -0.3 is 20.1 Å². The first-order chi connectivity index (χ1) is 18.4. The van der Waals surface area contributed by atoms with Crippen molar-refractivity contribution in [3.8, 4) is 0 Å². The van der Waals surface area contributed by atoms with Gasteiger partial charge in [-0.3, -0.25) is 8.70 Å². The highest BCUT2D eigenvalue weighted by atomic mass is 32.2. The molecule has 1 fully saturated rings. The van der Waals surface area contributed by atoms with E-state index in [4.69, 9.17) is 4.98 Å². The number of fused-ring (bicyclic) bond motifs is 1. The molecule has 0 bridgehead atoms. The number of aromatic nitrogens is 3. The topological polar surface area (TPSA) is 95.4 Å². The molecular formula is C27H32FN7O2S. The summed E-state index contributed by atoms with van der Waals surface area (Å²) in [4.78, 5) is 11.6. The molecular weight excluding hydrogens is 505 g/mol. The third-order valence-electron chi connectivity index (χ3n) is 6.73. The van der Waals surface area contributed by atoms with E-state index in [1.54, 1.807) is 18.3 Å². The Morgan fingerprint density at radius 1 is 1.08 bits per heavy atom. The maximum atomic E-state index is 12.7. The molecule has 11 heteroatoms. The van der Waals surface area contributed by atoms with E-state index < -0.39 is 16.7 Å². The van der Waals surface area contributed by atoms with E-state index in [0.717, 1.165) is 48.5 Å². The van der Waals surface area contributed by atoms with Crippen molar-refractivity contribution in [2.45, 2.75) is 13.0 Å². The van der Waals surface area contributed by atoms with Crippen LogP contribution in [0.2, 0.25) is 0 Å². The summed E-state index contributed by atoms with van der Waals surface area (Å²) in [5, 5.41) is 7.54. The number of rotatable bonds is 10. The molecule has 0 radical (unpaired) electrons. The molecule has 0 aliphatic carbocycles. The molecule has 3 heterocycles. The molecule has 0 atom stereocenters. The lowest BCUT2D eigenvalue weighted by molar-refractivity contribution is 0.484. The standard InChI is InChI=1S/C27H32FN7O2S/c1-33(38(36,37)18-4-12-28)25-6-3-2-5-22(25)20-35-15-11-21-19-30-27(32-26(21)35)31-23-7-9-24(10-8-23)34-16-13-29-14-17-34/h2-3,5-11,15,19,29H,4,12-14,16-18,20H2,1H3,(H,30,31,32). The molecule has 2 aromatic carbocycles. The molecule has 2 N–H and O–H groups in total. The molecule has 0 unspecified atom stereocenters. The van der Waals surface area contributed by atoms with Crippen LogP contribution in [0.5, 0.6) is 0 Å². The van der Waals surface area contributed by atoms with E-state index in [1.807, 2.05) is 41.1 Å². The van der Waals surface area contributed by atoms with Crippen LogP contribution in [0.25, 0.3) is 11.0 Å². The van der Waals surface area contributed by atoms with Gasteiger partial charge in [0.1, 0.15) is 5.65 Å². The van der Waals surface area contributed by atoms with E-state index in [-0.39, 0.29) is 12.2 Å². The highest BCUT2D eigenvalue weighted by molar-refractivity contribution is 7.92. The molecule has 1 aliphatic heterocycles. The third kappa shape index (κ3) is 5.73. The maximum absolute atomic E-state index is 12.7. The number of halogens is 1. The zero-order chi connectivity index (χ0) is 26.5. The van der Waals surface area contributed by atoms with Crippen molar-refractivity contribution in [3.05, 3.63) is 72.6 Å². The van der Waals surface area contributed by atoms with Crippen LogP contribution in [0.15, 0.2) is 67.0 Å². The number of benzene rings is 2. The third-order valence-corrected chi connectivity index (χ3v) is 8.57. The molecule has 0 saturated carbocycles. The van der Waals surface area contributed by atoms with Crippen LogP contribution in [-0.2, 0) is 16.6 Å². The Bertz CT molecular complexity index is 1490. The van der Waals surface area contributed by atoms with Crippen molar-refractivity contribution in [1.29, 1.82) is 0 Å². The van der Waals surface area contributed by atoms with Crippen LogP contribution < -0.4 is 19.8 Å². The van der Waals surface area contributed by atoms with Gasteiger partial charge in [0.15, 0.2) is 0 Å². The smallest absolute Gasteiger partial charge is 0.234 e. The Morgan fingerprint density at radius 2 is 1.84 bits per heavy atom. The van der Waals surface area contributed by atoms with Crippen molar-refractivity contribution >= 4 is 44.1 Å². The molecule has 38 heavy (non-hydrogen) atoms. The van der Waals surface area contributed by atoms with Crippen LogP contribution in [0.1, 0.15) is 12.0 Å². The van der Waals surface area contributed by atoms with Crippen molar-refractivity contribution in [1.82, 2.24) is 19.9 Å². The van der Waals surface area contributed by atoms with Crippen molar-refractivity contribution < 1.29 is 12.8 Å². The maximum Gasteiger partial charge on any atom is 0.234 e. The molecule has 4 aromatic rings. The lowest BCUT2D eigenvalue weighted by Gasteiger charge is -2.29. The minimum Gasteiger partial charge on any atom is -0.369 e. The Kier molecular flexibility index (Phi) is 7.75. The predicted molar refractivity (Wildman–Crippen MR) is 151 cm³/mol. The number of alkyl halides is 1. The van der Waals surface area contributed by atoms with Crippen LogP contribution in [0.4, 0.5) is 27.4 Å². The second-order valence-corrected chi connectivity index (χ2v) is 11.4. The molecule has 1 saturated heterocycles. The van der Waals surface area contributed by atoms with Crippen LogP contribution in [0, 0.1) is 0 Å². The Hall–Kier alpha value is -3.70. The van der Waals surface area contributed by atoms with E-state index in [0.29, 0.717) is 18.2 Å². The second kappa shape index (κ2) is 11.4. The number of hydrogen-bond acceptors (Lipinski definition) is 7. The molecule has 200 valence electrons. The lowest BCUT2D eigenvalue weighted by atomic mass is 10.2. The summed E-state index contributed by atoms with van der Waals surface area (Å²) < 4.78 is 41.2. The lowest BCUT2D eigenvalue weighted by Crippen LogP contribution is -2.43.